The van der Waals surface area contributed by atoms with Gasteiger partial charge in [0.2, 0.25) is 5.79 Å². The van der Waals surface area contributed by atoms with Crippen molar-refractivity contribution in [3.05, 3.63) is 29.6 Å². The minimum absolute atomic E-state index is 0.125. The van der Waals surface area contributed by atoms with Gasteiger partial charge in [-0.2, -0.15) is 0 Å². The van der Waals surface area contributed by atoms with E-state index in [0.29, 0.717) is 31.9 Å². The van der Waals surface area contributed by atoms with Crippen LogP contribution in [0.4, 0.5) is 4.39 Å². The van der Waals surface area contributed by atoms with Gasteiger partial charge >= 0.3 is 0 Å². The van der Waals surface area contributed by atoms with Gasteiger partial charge in [-0.25, -0.2) is 14.4 Å². The molecular formula is C14H19FN6O2. The molecule has 2 heterocycles. The van der Waals surface area contributed by atoms with Crippen molar-refractivity contribution in [3.63, 3.8) is 0 Å². The number of halogens is 1. The first-order valence-corrected chi connectivity index (χ1v) is 7.19. The Morgan fingerprint density at radius 1 is 1.26 bits per heavy atom. The lowest BCUT2D eigenvalue weighted by molar-refractivity contribution is -0.0199. The minimum atomic E-state index is -1.21. The Morgan fingerprint density at radius 3 is 2.48 bits per heavy atom. The van der Waals surface area contributed by atoms with Crippen molar-refractivity contribution >= 4 is 11.9 Å². The van der Waals surface area contributed by atoms with Gasteiger partial charge in [-0.05, 0) is 18.2 Å². The highest BCUT2D eigenvalue weighted by Gasteiger charge is 2.42. The summed E-state index contributed by atoms with van der Waals surface area (Å²) in [6, 6.07) is 4.58. The summed E-state index contributed by atoms with van der Waals surface area (Å²) in [6.45, 7) is 2.19. The van der Waals surface area contributed by atoms with Crippen LogP contribution in [0.1, 0.15) is 5.56 Å². The molecule has 1 fully saturated rings. The SMILES string of the molecule is COc1ccc(C2(N3CCOCC3)N=C(N)NC(N)=N2)cc1F. The summed E-state index contributed by atoms with van der Waals surface area (Å²) in [6.07, 6.45) is 0. The van der Waals surface area contributed by atoms with Gasteiger partial charge in [-0.3, -0.25) is 10.2 Å². The van der Waals surface area contributed by atoms with E-state index in [1.165, 1.54) is 19.2 Å². The number of benzene rings is 1. The molecule has 0 amide bonds. The molecule has 0 aliphatic carbocycles. The number of nitrogens with zero attached hydrogens (tertiary/aromatic N) is 3. The molecule has 1 aromatic carbocycles. The molecule has 0 radical (unpaired) electrons. The van der Waals surface area contributed by atoms with Crippen LogP contribution in [0.3, 0.4) is 0 Å². The smallest absolute Gasteiger partial charge is 0.241 e. The number of guanidine groups is 2. The standard InChI is InChI=1S/C14H19FN6O2/c1-22-11-3-2-9(8-10(11)15)14(21-4-6-23-7-5-21)19-12(16)18-13(17)20-14/h2-3,8H,4-7H2,1H3,(H5,16,17,18,19,20). The van der Waals surface area contributed by atoms with Gasteiger partial charge in [-0.1, -0.05) is 0 Å². The third-order valence-corrected chi connectivity index (χ3v) is 3.80. The van der Waals surface area contributed by atoms with E-state index in [9.17, 15) is 4.39 Å². The average molecular weight is 322 g/mol. The molecule has 3 rings (SSSR count). The normalized spacial score (nSPS) is 21.1. The summed E-state index contributed by atoms with van der Waals surface area (Å²) < 4.78 is 24.5. The first-order valence-electron chi connectivity index (χ1n) is 7.19. The molecule has 2 aliphatic rings. The zero-order valence-corrected chi connectivity index (χ0v) is 12.8. The van der Waals surface area contributed by atoms with Gasteiger partial charge in [0, 0.05) is 18.7 Å². The number of hydrogen-bond acceptors (Lipinski definition) is 8. The van der Waals surface area contributed by atoms with Crippen LogP contribution in [0.5, 0.6) is 5.75 Å². The Bertz CT molecular complexity index is 639. The van der Waals surface area contributed by atoms with E-state index >= 15 is 0 Å². The number of nitrogens with two attached hydrogens (primary N) is 2. The number of rotatable bonds is 3. The van der Waals surface area contributed by atoms with Crippen LogP contribution in [-0.2, 0) is 10.5 Å². The molecule has 0 aromatic heterocycles. The van der Waals surface area contributed by atoms with Gasteiger partial charge in [0.25, 0.3) is 0 Å². The van der Waals surface area contributed by atoms with Crippen molar-refractivity contribution in [1.82, 2.24) is 10.2 Å². The summed E-state index contributed by atoms with van der Waals surface area (Å²) in [5, 5.41) is 2.66. The average Bonchev–Trinajstić information content (AvgIpc) is 2.54. The molecule has 23 heavy (non-hydrogen) atoms. The van der Waals surface area contributed by atoms with Gasteiger partial charge in [-0.15, -0.1) is 0 Å². The topological polar surface area (TPSA) is 110 Å². The second kappa shape index (κ2) is 6.01. The van der Waals surface area contributed by atoms with Crippen molar-refractivity contribution in [1.29, 1.82) is 0 Å². The van der Waals surface area contributed by atoms with Crippen LogP contribution in [-0.4, -0.2) is 50.2 Å². The van der Waals surface area contributed by atoms with Gasteiger partial charge in [0.15, 0.2) is 23.5 Å². The van der Waals surface area contributed by atoms with Crippen molar-refractivity contribution in [2.24, 2.45) is 21.5 Å². The van der Waals surface area contributed by atoms with E-state index in [2.05, 4.69) is 15.3 Å². The van der Waals surface area contributed by atoms with Crippen molar-refractivity contribution < 1.29 is 13.9 Å². The summed E-state index contributed by atoms with van der Waals surface area (Å²) in [7, 11) is 1.41. The fourth-order valence-electron chi connectivity index (χ4n) is 2.75. The predicted molar refractivity (Wildman–Crippen MR) is 83.4 cm³/mol. The molecule has 0 saturated carbocycles. The third-order valence-electron chi connectivity index (χ3n) is 3.80. The molecule has 0 bridgehead atoms. The van der Waals surface area contributed by atoms with Crippen LogP contribution in [0, 0.1) is 5.82 Å². The second-order valence-corrected chi connectivity index (χ2v) is 5.20. The zero-order chi connectivity index (χ0) is 16.4. The molecule has 0 atom stereocenters. The molecule has 0 spiro atoms. The number of nitrogens with one attached hydrogen (secondary N) is 1. The lowest BCUT2D eigenvalue weighted by atomic mass is 10.0. The van der Waals surface area contributed by atoms with Crippen molar-refractivity contribution in [2.75, 3.05) is 33.4 Å². The second-order valence-electron chi connectivity index (χ2n) is 5.20. The first kappa shape index (κ1) is 15.5. The summed E-state index contributed by atoms with van der Waals surface area (Å²) >= 11 is 0. The Balaban J connectivity index is 2.12. The highest BCUT2D eigenvalue weighted by Crippen LogP contribution is 2.35. The van der Waals surface area contributed by atoms with E-state index in [-0.39, 0.29) is 17.7 Å². The van der Waals surface area contributed by atoms with E-state index < -0.39 is 11.6 Å². The highest BCUT2D eigenvalue weighted by molar-refractivity contribution is 5.98. The van der Waals surface area contributed by atoms with Crippen molar-refractivity contribution in [3.8, 4) is 5.75 Å². The van der Waals surface area contributed by atoms with E-state index in [4.69, 9.17) is 20.9 Å². The maximum absolute atomic E-state index is 14.2. The number of methoxy groups -OCH3 is 1. The first-order chi connectivity index (χ1) is 11.0. The fraction of sp³-hybridized carbons (Fsp3) is 0.429. The summed E-state index contributed by atoms with van der Waals surface area (Å²) in [4.78, 5) is 10.8. The van der Waals surface area contributed by atoms with Gasteiger partial charge in [0.05, 0.1) is 20.3 Å². The lowest BCUT2D eigenvalue weighted by Crippen LogP contribution is -2.56. The molecule has 2 aliphatic heterocycles. The lowest BCUT2D eigenvalue weighted by Gasteiger charge is -2.41. The molecule has 1 saturated heterocycles. The molecule has 9 heteroatoms. The Labute approximate surface area is 133 Å². The van der Waals surface area contributed by atoms with Gasteiger partial charge < -0.3 is 20.9 Å². The van der Waals surface area contributed by atoms with Crippen molar-refractivity contribution in [2.45, 2.75) is 5.79 Å². The highest BCUT2D eigenvalue weighted by atomic mass is 19.1. The Hall–Kier alpha value is -2.39. The molecule has 1 aromatic rings. The zero-order valence-electron chi connectivity index (χ0n) is 12.8. The number of hydrogen-bond donors (Lipinski definition) is 3. The Morgan fingerprint density at radius 2 is 1.91 bits per heavy atom. The van der Waals surface area contributed by atoms with E-state index in [1.807, 2.05) is 4.90 Å². The van der Waals surface area contributed by atoms with Crippen LogP contribution in [0.25, 0.3) is 0 Å². The monoisotopic (exact) mass is 322 g/mol. The maximum Gasteiger partial charge on any atom is 0.241 e. The number of aliphatic imine (C=N–C) groups is 2. The van der Waals surface area contributed by atoms with Crippen LogP contribution >= 0.6 is 0 Å². The Kier molecular flexibility index (Phi) is 4.05. The minimum Gasteiger partial charge on any atom is -0.494 e. The van der Waals surface area contributed by atoms with Gasteiger partial charge in [0.1, 0.15) is 0 Å². The maximum atomic E-state index is 14.2. The number of ether oxygens (including phenoxy) is 2. The van der Waals surface area contributed by atoms with Crippen LogP contribution in [0.2, 0.25) is 0 Å². The summed E-state index contributed by atoms with van der Waals surface area (Å²) in [5.41, 5.74) is 12.2. The van der Waals surface area contributed by atoms with Crippen LogP contribution in [0.15, 0.2) is 28.2 Å². The number of morpholine rings is 1. The molecule has 0 unspecified atom stereocenters. The largest absolute Gasteiger partial charge is 0.494 e. The molecule has 5 N–H and O–H groups in total. The van der Waals surface area contributed by atoms with Crippen LogP contribution < -0.4 is 21.5 Å². The summed E-state index contributed by atoms with van der Waals surface area (Å²) in [5.74, 6) is -1.32. The molecular weight excluding hydrogens is 303 g/mol. The molecule has 8 nitrogen and oxygen atoms in total. The third kappa shape index (κ3) is 2.80. The van der Waals surface area contributed by atoms with E-state index in [0.717, 1.165) is 0 Å². The quantitative estimate of drug-likeness (QED) is 0.692. The molecule has 124 valence electrons. The van der Waals surface area contributed by atoms with E-state index in [1.54, 1.807) is 6.07 Å². The predicted octanol–water partition coefficient (Wildman–Crippen LogP) is -0.491. The fourth-order valence-corrected chi connectivity index (χ4v) is 2.75.